The molecule has 1 aromatic carbocycles. The first-order valence-corrected chi connectivity index (χ1v) is 8.95. The van der Waals surface area contributed by atoms with Crippen molar-refractivity contribution in [1.82, 2.24) is 0 Å². The molecule has 4 N–H and O–H groups in total. The Balaban J connectivity index is 1.65. The lowest BCUT2D eigenvalue weighted by atomic mass is 9.65. The van der Waals surface area contributed by atoms with Crippen LogP contribution in [0.25, 0.3) is 0 Å². The molecular weight excluding hydrogens is 326 g/mol. The fourth-order valence-electron chi connectivity index (χ4n) is 4.14. The van der Waals surface area contributed by atoms with E-state index in [1.807, 2.05) is 0 Å². The standard InChI is InChI=1S/C18H24ClN3O2/c1-10(23)21-14-5-6-16(15(19)9-14)22-18(24)13-7-11-3-2-4-12(8-13)17(11)20/h5-6,9,11-13,17H,2-4,7-8,20H2,1H3,(H,21,23)(H,22,24). The van der Waals surface area contributed by atoms with Crippen molar-refractivity contribution in [2.24, 2.45) is 23.5 Å². The average molecular weight is 350 g/mol. The van der Waals surface area contributed by atoms with Crippen LogP contribution in [-0.2, 0) is 9.59 Å². The van der Waals surface area contributed by atoms with Crippen molar-refractivity contribution in [2.75, 3.05) is 10.6 Å². The summed E-state index contributed by atoms with van der Waals surface area (Å²) in [5.41, 5.74) is 7.49. The predicted molar refractivity (Wildman–Crippen MR) is 95.9 cm³/mol. The van der Waals surface area contributed by atoms with Gasteiger partial charge in [-0.15, -0.1) is 0 Å². The van der Waals surface area contributed by atoms with E-state index in [1.165, 1.54) is 13.3 Å². The van der Waals surface area contributed by atoms with Crippen LogP contribution in [0.2, 0.25) is 5.02 Å². The van der Waals surface area contributed by atoms with Crippen molar-refractivity contribution < 1.29 is 9.59 Å². The number of amides is 2. The smallest absolute Gasteiger partial charge is 0.227 e. The summed E-state index contributed by atoms with van der Waals surface area (Å²) >= 11 is 6.23. The number of carbonyl (C=O) groups is 2. The van der Waals surface area contributed by atoms with Gasteiger partial charge in [0, 0.05) is 24.6 Å². The molecule has 130 valence electrons. The minimum Gasteiger partial charge on any atom is -0.327 e. The number of anilines is 2. The molecule has 0 aliphatic heterocycles. The van der Waals surface area contributed by atoms with E-state index in [1.54, 1.807) is 18.2 Å². The Bertz CT molecular complexity index is 635. The molecule has 0 spiro atoms. The maximum Gasteiger partial charge on any atom is 0.227 e. The lowest BCUT2D eigenvalue weighted by molar-refractivity contribution is -0.122. The molecule has 2 bridgehead atoms. The highest BCUT2D eigenvalue weighted by molar-refractivity contribution is 6.34. The van der Waals surface area contributed by atoms with Gasteiger partial charge in [0.1, 0.15) is 0 Å². The van der Waals surface area contributed by atoms with Gasteiger partial charge in [0.2, 0.25) is 11.8 Å². The molecule has 3 rings (SSSR count). The molecule has 5 nitrogen and oxygen atoms in total. The monoisotopic (exact) mass is 349 g/mol. The Hall–Kier alpha value is -1.59. The number of halogens is 1. The number of nitrogens with one attached hydrogen (secondary N) is 2. The summed E-state index contributed by atoms with van der Waals surface area (Å²) in [4.78, 5) is 23.7. The van der Waals surface area contributed by atoms with E-state index >= 15 is 0 Å². The molecule has 0 aromatic heterocycles. The van der Waals surface area contributed by atoms with Crippen molar-refractivity contribution in [1.29, 1.82) is 0 Å². The third kappa shape index (κ3) is 3.73. The first-order valence-electron chi connectivity index (χ1n) is 8.57. The molecule has 2 amide bonds. The van der Waals surface area contributed by atoms with E-state index in [0.717, 1.165) is 25.7 Å². The van der Waals surface area contributed by atoms with Gasteiger partial charge < -0.3 is 16.4 Å². The van der Waals surface area contributed by atoms with E-state index in [4.69, 9.17) is 17.3 Å². The van der Waals surface area contributed by atoms with Crippen molar-refractivity contribution in [2.45, 2.75) is 45.1 Å². The SMILES string of the molecule is CC(=O)Nc1ccc(NC(=O)C2CC3CCCC(C2)C3N)c(Cl)c1. The van der Waals surface area contributed by atoms with Crippen LogP contribution in [0.5, 0.6) is 0 Å². The molecule has 2 atom stereocenters. The molecule has 0 radical (unpaired) electrons. The van der Waals surface area contributed by atoms with Crippen molar-refractivity contribution in [3.8, 4) is 0 Å². The maximum absolute atomic E-state index is 12.6. The lowest BCUT2D eigenvalue weighted by Crippen LogP contribution is -2.48. The number of carbonyl (C=O) groups excluding carboxylic acids is 2. The molecule has 1 aromatic rings. The van der Waals surface area contributed by atoms with E-state index in [0.29, 0.717) is 28.2 Å². The molecule has 0 saturated heterocycles. The highest BCUT2D eigenvalue weighted by atomic mass is 35.5. The van der Waals surface area contributed by atoms with Crippen LogP contribution in [0.15, 0.2) is 18.2 Å². The van der Waals surface area contributed by atoms with Gasteiger partial charge in [-0.25, -0.2) is 0 Å². The Morgan fingerprint density at radius 1 is 1.17 bits per heavy atom. The quantitative estimate of drug-likeness (QED) is 0.782. The topological polar surface area (TPSA) is 84.2 Å². The minimum absolute atomic E-state index is 0.00573. The van der Waals surface area contributed by atoms with Crippen LogP contribution >= 0.6 is 11.6 Å². The first-order chi connectivity index (χ1) is 11.4. The predicted octanol–water partition coefficient (Wildman–Crippen LogP) is 3.39. The lowest BCUT2D eigenvalue weighted by Gasteiger charge is -2.43. The van der Waals surface area contributed by atoms with Crippen LogP contribution in [0, 0.1) is 17.8 Å². The number of benzene rings is 1. The summed E-state index contributed by atoms with van der Waals surface area (Å²) < 4.78 is 0. The van der Waals surface area contributed by atoms with Crippen molar-refractivity contribution in [3.05, 3.63) is 23.2 Å². The Morgan fingerprint density at radius 2 is 1.83 bits per heavy atom. The zero-order valence-corrected chi connectivity index (χ0v) is 14.6. The number of hydrogen-bond acceptors (Lipinski definition) is 3. The zero-order chi connectivity index (χ0) is 17.3. The second-order valence-corrected chi connectivity index (χ2v) is 7.47. The van der Waals surface area contributed by atoms with E-state index < -0.39 is 0 Å². The molecule has 24 heavy (non-hydrogen) atoms. The van der Waals surface area contributed by atoms with Gasteiger partial charge in [0.25, 0.3) is 0 Å². The van der Waals surface area contributed by atoms with Crippen LogP contribution in [-0.4, -0.2) is 17.9 Å². The van der Waals surface area contributed by atoms with Gasteiger partial charge in [-0.3, -0.25) is 9.59 Å². The van der Waals surface area contributed by atoms with Crippen molar-refractivity contribution in [3.63, 3.8) is 0 Å². The highest BCUT2D eigenvalue weighted by Gasteiger charge is 2.40. The first kappa shape index (κ1) is 17.2. The van der Waals surface area contributed by atoms with Gasteiger partial charge in [-0.2, -0.15) is 0 Å². The number of fused-ring (bicyclic) bond motifs is 2. The molecular formula is C18H24ClN3O2. The van der Waals surface area contributed by atoms with Crippen LogP contribution in [0.3, 0.4) is 0 Å². The number of nitrogens with two attached hydrogens (primary N) is 1. The Labute approximate surface area is 147 Å². The molecule has 0 heterocycles. The van der Waals surface area contributed by atoms with E-state index in [-0.39, 0.29) is 23.8 Å². The van der Waals surface area contributed by atoms with Gasteiger partial charge in [-0.05, 0) is 55.7 Å². The molecule has 2 aliphatic rings. The number of hydrogen-bond donors (Lipinski definition) is 3. The summed E-state index contributed by atoms with van der Waals surface area (Å²) in [5, 5.41) is 6.03. The van der Waals surface area contributed by atoms with Gasteiger partial charge in [0.05, 0.1) is 10.7 Å². The zero-order valence-electron chi connectivity index (χ0n) is 13.8. The number of rotatable bonds is 3. The highest BCUT2D eigenvalue weighted by Crippen LogP contribution is 2.42. The molecule has 2 aliphatic carbocycles. The minimum atomic E-state index is -0.159. The van der Waals surface area contributed by atoms with E-state index in [2.05, 4.69) is 10.6 Å². The van der Waals surface area contributed by atoms with Gasteiger partial charge >= 0.3 is 0 Å². The summed E-state index contributed by atoms with van der Waals surface area (Å²) in [6.07, 6.45) is 5.23. The molecule has 2 unspecified atom stereocenters. The molecule has 2 fully saturated rings. The largest absolute Gasteiger partial charge is 0.327 e. The normalized spacial score (nSPS) is 29.0. The van der Waals surface area contributed by atoms with Gasteiger partial charge in [-0.1, -0.05) is 18.0 Å². The van der Waals surface area contributed by atoms with E-state index in [9.17, 15) is 9.59 Å². The Kier molecular flexibility index (Phi) is 5.11. The summed E-state index contributed by atoms with van der Waals surface area (Å²) in [7, 11) is 0. The van der Waals surface area contributed by atoms with Gasteiger partial charge in [0.15, 0.2) is 0 Å². The second kappa shape index (κ2) is 7.11. The van der Waals surface area contributed by atoms with Crippen LogP contribution in [0.1, 0.15) is 39.0 Å². The fraction of sp³-hybridized carbons (Fsp3) is 0.556. The maximum atomic E-state index is 12.6. The summed E-state index contributed by atoms with van der Waals surface area (Å²) in [6, 6.07) is 5.35. The van der Waals surface area contributed by atoms with Crippen LogP contribution in [0.4, 0.5) is 11.4 Å². The fourth-order valence-corrected chi connectivity index (χ4v) is 4.36. The average Bonchev–Trinajstić information content (AvgIpc) is 2.49. The second-order valence-electron chi connectivity index (χ2n) is 7.06. The third-order valence-electron chi connectivity index (χ3n) is 5.33. The third-order valence-corrected chi connectivity index (χ3v) is 5.64. The van der Waals surface area contributed by atoms with Crippen LogP contribution < -0.4 is 16.4 Å². The summed E-state index contributed by atoms with van der Waals surface area (Å²) in [5.74, 6) is 0.795. The molecule has 6 heteroatoms. The Morgan fingerprint density at radius 3 is 2.42 bits per heavy atom. The molecule has 2 saturated carbocycles. The summed E-state index contributed by atoms with van der Waals surface area (Å²) in [6.45, 7) is 1.44. The van der Waals surface area contributed by atoms with Crippen molar-refractivity contribution >= 4 is 34.8 Å².